The Kier molecular flexibility index (Phi) is 4.28. The fraction of sp³-hybridized carbons (Fsp3) is 0.0870. The minimum atomic E-state index is 0.313. The van der Waals surface area contributed by atoms with Crippen LogP contribution in [-0.4, -0.2) is 14.9 Å². The first-order chi connectivity index (χ1) is 12.7. The van der Waals surface area contributed by atoms with E-state index in [0.29, 0.717) is 12.3 Å². The Morgan fingerprint density at radius 2 is 1.58 bits per heavy atom. The number of phenols is 1. The van der Waals surface area contributed by atoms with Crippen LogP contribution in [0.3, 0.4) is 0 Å². The Bertz CT molecular complexity index is 1020. The average Bonchev–Trinajstić information content (AvgIpc) is 3.14. The molecule has 26 heavy (non-hydrogen) atoms. The van der Waals surface area contributed by atoms with Crippen LogP contribution in [0, 0.1) is 6.92 Å². The van der Waals surface area contributed by atoms with Gasteiger partial charge in [-0.05, 0) is 18.6 Å². The summed E-state index contributed by atoms with van der Waals surface area (Å²) in [5.74, 6) is 0.313. The fourth-order valence-electron chi connectivity index (χ4n) is 3.07. The Morgan fingerprint density at radius 3 is 2.35 bits per heavy atom. The summed E-state index contributed by atoms with van der Waals surface area (Å²) in [4.78, 5) is 0. The monoisotopic (exact) mass is 340 g/mol. The van der Waals surface area contributed by atoms with Gasteiger partial charge in [-0.2, -0.15) is 5.10 Å². The molecule has 0 aliphatic carbocycles. The molecule has 128 valence electrons. The summed E-state index contributed by atoms with van der Waals surface area (Å²) in [6.07, 6.45) is 1.94. The number of phenolic OH excluding ortho intramolecular Hbond substituents is 1. The standard InChI is InChI=1S/C23H20N2O/c1-17-10-12-18(13-11-17)21-9-5-8-20(23(21)26)16-25-15-14-22(24-25)19-6-3-2-4-7-19/h2-15,26H,16H2,1H3. The third kappa shape index (κ3) is 3.24. The SMILES string of the molecule is Cc1ccc(-c2cccc(Cn3ccc(-c4ccccc4)n3)c2O)cc1. The van der Waals surface area contributed by atoms with Gasteiger partial charge in [0.15, 0.2) is 0 Å². The first-order valence-corrected chi connectivity index (χ1v) is 8.67. The molecule has 3 heteroatoms. The highest BCUT2D eigenvalue weighted by molar-refractivity contribution is 5.72. The van der Waals surface area contributed by atoms with Crippen molar-refractivity contribution in [1.29, 1.82) is 0 Å². The van der Waals surface area contributed by atoms with Gasteiger partial charge in [-0.3, -0.25) is 4.68 Å². The van der Waals surface area contributed by atoms with Crippen molar-refractivity contribution in [3.05, 3.63) is 96.2 Å². The summed E-state index contributed by atoms with van der Waals surface area (Å²) in [7, 11) is 0. The Morgan fingerprint density at radius 1 is 0.808 bits per heavy atom. The van der Waals surface area contributed by atoms with Gasteiger partial charge in [0.1, 0.15) is 5.75 Å². The van der Waals surface area contributed by atoms with Gasteiger partial charge in [-0.1, -0.05) is 78.4 Å². The topological polar surface area (TPSA) is 38.0 Å². The molecule has 0 amide bonds. The lowest BCUT2D eigenvalue weighted by molar-refractivity contribution is 0.466. The van der Waals surface area contributed by atoms with E-state index in [1.54, 1.807) is 0 Å². The van der Waals surface area contributed by atoms with Crippen molar-refractivity contribution < 1.29 is 5.11 Å². The Hall–Kier alpha value is -3.33. The molecule has 0 bridgehead atoms. The van der Waals surface area contributed by atoms with Crippen molar-refractivity contribution in [2.45, 2.75) is 13.5 Å². The van der Waals surface area contributed by atoms with Gasteiger partial charge in [0, 0.05) is 22.9 Å². The van der Waals surface area contributed by atoms with Crippen LogP contribution in [0.4, 0.5) is 0 Å². The van der Waals surface area contributed by atoms with Crippen LogP contribution in [0.5, 0.6) is 5.75 Å². The molecular formula is C23H20N2O. The number of aromatic hydroxyl groups is 1. The molecular weight excluding hydrogens is 320 g/mol. The number of rotatable bonds is 4. The second-order valence-corrected chi connectivity index (χ2v) is 6.44. The molecule has 0 aliphatic heterocycles. The molecule has 0 radical (unpaired) electrons. The number of para-hydroxylation sites is 1. The molecule has 1 N–H and O–H groups in total. The molecule has 0 saturated carbocycles. The Labute approximate surface area is 153 Å². The van der Waals surface area contributed by atoms with Gasteiger partial charge in [0.25, 0.3) is 0 Å². The van der Waals surface area contributed by atoms with Gasteiger partial charge < -0.3 is 5.11 Å². The van der Waals surface area contributed by atoms with E-state index in [2.05, 4.69) is 24.2 Å². The molecule has 4 aromatic rings. The molecule has 0 saturated heterocycles. The minimum Gasteiger partial charge on any atom is -0.507 e. The summed E-state index contributed by atoms with van der Waals surface area (Å²) in [5, 5.41) is 15.4. The normalized spacial score (nSPS) is 10.8. The zero-order chi connectivity index (χ0) is 17.9. The average molecular weight is 340 g/mol. The van der Waals surface area contributed by atoms with Crippen molar-refractivity contribution >= 4 is 0 Å². The van der Waals surface area contributed by atoms with Crippen LogP contribution in [0.15, 0.2) is 85.1 Å². The highest BCUT2D eigenvalue weighted by atomic mass is 16.3. The highest BCUT2D eigenvalue weighted by Gasteiger charge is 2.10. The second kappa shape index (κ2) is 6.89. The van der Waals surface area contributed by atoms with E-state index in [1.165, 1.54) is 5.56 Å². The number of benzene rings is 3. The lowest BCUT2D eigenvalue weighted by Gasteiger charge is -2.10. The predicted octanol–water partition coefficient (Wildman–Crippen LogP) is 5.28. The first kappa shape index (κ1) is 16.2. The summed E-state index contributed by atoms with van der Waals surface area (Å²) < 4.78 is 1.86. The summed E-state index contributed by atoms with van der Waals surface area (Å²) in [5.41, 5.74) is 5.93. The predicted molar refractivity (Wildman–Crippen MR) is 105 cm³/mol. The van der Waals surface area contributed by atoms with Gasteiger partial charge in [-0.25, -0.2) is 0 Å². The third-order valence-electron chi connectivity index (χ3n) is 4.52. The van der Waals surface area contributed by atoms with Gasteiger partial charge in [0.05, 0.1) is 12.2 Å². The fourth-order valence-corrected chi connectivity index (χ4v) is 3.07. The van der Waals surface area contributed by atoms with E-state index < -0.39 is 0 Å². The molecule has 0 spiro atoms. The Balaban J connectivity index is 1.62. The van der Waals surface area contributed by atoms with Crippen molar-refractivity contribution in [2.75, 3.05) is 0 Å². The lowest BCUT2D eigenvalue weighted by Crippen LogP contribution is -2.01. The molecule has 0 unspecified atom stereocenters. The van der Waals surface area contributed by atoms with Crippen LogP contribution in [0.25, 0.3) is 22.4 Å². The van der Waals surface area contributed by atoms with Crippen molar-refractivity contribution in [3.63, 3.8) is 0 Å². The van der Waals surface area contributed by atoms with E-state index >= 15 is 0 Å². The third-order valence-corrected chi connectivity index (χ3v) is 4.52. The van der Waals surface area contributed by atoms with Gasteiger partial charge in [-0.15, -0.1) is 0 Å². The molecule has 1 aromatic heterocycles. The van der Waals surface area contributed by atoms with E-state index in [9.17, 15) is 5.11 Å². The molecule has 1 heterocycles. The van der Waals surface area contributed by atoms with E-state index in [-0.39, 0.29) is 0 Å². The molecule has 3 aromatic carbocycles. The van der Waals surface area contributed by atoms with E-state index in [4.69, 9.17) is 0 Å². The largest absolute Gasteiger partial charge is 0.507 e. The van der Waals surface area contributed by atoms with Crippen molar-refractivity contribution in [2.24, 2.45) is 0 Å². The second-order valence-electron chi connectivity index (χ2n) is 6.44. The van der Waals surface area contributed by atoms with E-state index in [1.807, 2.05) is 77.6 Å². The van der Waals surface area contributed by atoms with E-state index in [0.717, 1.165) is 27.9 Å². The van der Waals surface area contributed by atoms with Crippen LogP contribution in [0.2, 0.25) is 0 Å². The van der Waals surface area contributed by atoms with Crippen LogP contribution < -0.4 is 0 Å². The first-order valence-electron chi connectivity index (χ1n) is 8.67. The van der Waals surface area contributed by atoms with Gasteiger partial charge >= 0.3 is 0 Å². The smallest absolute Gasteiger partial charge is 0.128 e. The summed E-state index contributed by atoms with van der Waals surface area (Å²) in [6.45, 7) is 2.58. The number of aromatic nitrogens is 2. The number of aryl methyl sites for hydroxylation is 1. The zero-order valence-corrected chi connectivity index (χ0v) is 14.6. The molecule has 4 rings (SSSR count). The maximum atomic E-state index is 10.8. The zero-order valence-electron chi connectivity index (χ0n) is 14.6. The molecule has 0 fully saturated rings. The van der Waals surface area contributed by atoms with Crippen molar-refractivity contribution in [1.82, 2.24) is 9.78 Å². The highest BCUT2D eigenvalue weighted by Crippen LogP contribution is 2.32. The maximum Gasteiger partial charge on any atom is 0.128 e. The quantitative estimate of drug-likeness (QED) is 0.549. The maximum absolute atomic E-state index is 10.8. The van der Waals surface area contributed by atoms with Crippen LogP contribution in [-0.2, 0) is 6.54 Å². The molecule has 0 atom stereocenters. The molecule has 0 aliphatic rings. The summed E-state index contributed by atoms with van der Waals surface area (Å²) in [6, 6.07) is 26.1. The number of nitrogens with zero attached hydrogens (tertiary/aromatic N) is 2. The number of hydrogen-bond donors (Lipinski definition) is 1. The lowest BCUT2D eigenvalue weighted by atomic mass is 10.0. The van der Waals surface area contributed by atoms with Gasteiger partial charge in [0.2, 0.25) is 0 Å². The summed E-state index contributed by atoms with van der Waals surface area (Å²) >= 11 is 0. The number of hydrogen-bond acceptors (Lipinski definition) is 2. The van der Waals surface area contributed by atoms with Crippen LogP contribution >= 0.6 is 0 Å². The minimum absolute atomic E-state index is 0.313. The van der Waals surface area contributed by atoms with Crippen molar-refractivity contribution in [3.8, 4) is 28.1 Å². The van der Waals surface area contributed by atoms with Crippen LogP contribution in [0.1, 0.15) is 11.1 Å². The molecule has 3 nitrogen and oxygen atoms in total.